The molecule has 0 unspecified atom stereocenters. The van der Waals surface area contributed by atoms with Crippen LogP contribution >= 0.6 is 0 Å². The highest BCUT2D eigenvalue weighted by atomic mass is 16.5. The number of benzene rings is 2. The van der Waals surface area contributed by atoms with E-state index >= 15 is 0 Å². The minimum absolute atomic E-state index is 0.415. The van der Waals surface area contributed by atoms with E-state index in [4.69, 9.17) is 0 Å². The van der Waals surface area contributed by atoms with Gasteiger partial charge in [0.15, 0.2) is 0 Å². The lowest BCUT2D eigenvalue weighted by Gasteiger charge is -2.09. The van der Waals surface area contributed by atoms with Crippen LogP contribution in [0.3, 0.4) is 0 Å². The van der Waals surface area contributed by atoms with E-state index < -0.39 is 5.91 Å². The summed E-state index contributed by atoms with van der Waals surface area (Å²) in [6, 6.07) is 12.7. The molecule has 14 heavy (non-hydrogen) atoms. The Kier molecular flexibility index (Phi) is 2.16. The molecule has 0 radical (unpaired) electrons. The van der Waals surface area contributed by atoms with Gasteiger partial charge >= 0.3 is 0 Å². The predicted molar refractivity (Wildman–Crippen MR) is 54.8 cm³/mol. The SMILES string of the molecule is O=C(N[O-])c1cccc2ccccc12. The maximum Gasteiger partial charge on any atom is 0.241 e. The minimum Gasteiger partial charge on any atom is -0.759 e. The Hall–Kier alpha value is -1.87. The molecule has 1 amide bonds. The van der Waals surface area contributed by atoms with Gasteiger partial charge in [0, 0.05) is 5.56 Å². The van der Waals surface area contributed by atoms with Gasteiger partial charge in [-0.15, -0.1) is 0 Å². The first-order chi connectivity index (χ1) is 6.83. The van der Waals surface area contributed by atoms with Crippen LogP contribution in [0.1, 0.15) is 10.4 Å². The van der Waals surface area contributed by atoms with E-state index in [2.05, 4.69) is 0 Å². The van der Waals surface area contributed by atoms with E-state index in [1.54, 1.807) is 12.1 Å². The first-order valence-electron chi connectivity index (χ1n) is 4.23. The Bertz CT molecular complexity index is 474. The van der Waals surface area contributed by atoms with Gasteiger partial charge in [-0.25, -0.2) is 0 Å². The summed E-state index contributed by atoms with van der Waals surface area (Å²) in [5, 5.41) is 12.0. The standard InChI is InChI=1S/C11H8NO2/c13-11(12-14)10-7-3-5-8-4-1-2-6-9(8)10/h1-7H,(H-,12,13,14)/q-1. The Balaban J connectivity index is 2.71. The summed E-state index contributed by atoms with van der Waals surface area (Å²) in [6.45, 7) is 0. The molecule has 3 heteroatoms. The summed E-state index contributed by atoms with van der Waals surface area (Å²) in [6.07, 6.45) is 0. The lowest BCUT2D eigenvalue weighted by molar-refractivity contribution is 0.0972. The average molecular weight is 186 g/mol. The van der Waals surface area contributed by atoms with Gasteiger partial charge in [-0.05, 0) is 16.8 Å². The second kappa shape index (κ2) is 3.47. The van der Waals surface area contributed by atoms with Crippen LogP contribution in [0.15, 0.2) is 42.5 Å². The van der Waals surface area contributed by atoms with Gasteiger partial charge in [-0.1, -0.05) is 36.4 Å². The van der Waals surface area contributed by atoms with Gasteiger partial charge in [-0.2, -0.15) is 0 Å². The first kappa shape index (κ1) is 8.72. The molecule has 0 spiro atoms. The van der Waals surface area contributed by atoms with Gasteiger partial charge in [0.05, 0.1) is 0 Å². The summed E-state index contributed by atoms with van der Waals surface area (Å²) in [5.41, 5.74) is 1.80. The van der Waals surface area contributed by atoms with Gasteiger partial charge in [0.1, 0.15) is 0 Å². The van der Waals surface area contributed by atoms with E-state index in [0.29, 0.717) is 5.56 Å². The van der Waals surface area contributed by atoms with Crippen molar-refractivity contribution in [2.24, 2.45) is 0 Å². The fourth-order valence-electron chi connectivity index (χ4n) is 1.48. The summed E-state index contributed by atoms with van der Waals surface area (Å²) < 4.78 is 0. The quantitative estimate of drug-likeness (QED) is 0.693. The largest absolute Gasteiger partial charge is 0.759 e. The van der Waals surface area contributed by atoms with Crippen LogP contribution in [0.4, 0.5) is 0 Å². The molecule has 2 aromatic carbocycles. The van der Waals surface area contributed by atoms with Crippen LogP contribution in [0.5, 0.6) is 0 Å². The highest BCUT2D eigenvalue weighted by Crippen LogP contribution is 2.17. The summed E-state index contributed by atoms with van der Waals surface area (Å²) in [4.78, 5) is 11.2. The van der Waals surface area contributed by atoms with Crippen LogP contribution < -0.4 is 5.48 Å². The molecule has 0 heterocycles. The van der Waals surface area contributed by atoms with Gasteiger partial charge in [0.25, 0.3) is 0 Å². The Labute approximate surface area is 80.9 Å². The molecule has 0 aliphatic rings. The molecule has 0 saturated carbocycles. The van der Waals surface area contributed by atoms with Crippen LogP contribution in [0.2, 0.25) is 0 Å². The Morgan fingerprint density at radius 1 is 1.07 bits per heavy atom. The van der Waals surface area contributed by atoms with E-state index in [-0.39, 0.29) is 0 Å². The van der Waals surface area contributed by atoms with E-state index in [0.717, 1.165) is 10.8 Å². The van der Waals surface area contributed by atoms with Crippen molar-refractivity contribution in [3.63, 3.8) is 0 Å². The maximum atomic E-state index is 11.2. The molecule has 2 rings (SSSR count). The molecular weight excluding hydrogens is 178 g/mol. The fourth-order valence-corrected chi connectivity index (χ4v) is 1.48. The van der Waals surface area contributed by atoms with Crippen LogP contribution in [-0.2, 0) is 0 Å². The Morgan fingerprint density at radius 2 is 1.79 bits per heavy atom. The normalized spacial score (nSPS) is 10.1. The van der Waals surface area contributed by atoms with E-state index in [1.165, 1.54) is 5.48 Å². The van der Waals surface area contributed by atoms with Crippen molar-refractivity contribution in [1.82, 2.24) is 5.48 Å². The van der Waals surface area contributed by atoms with Crippen molar-refractivity contribution in [2.75, 3.05) is 0 Å². The number of carbonyl (C=O) groups excluding carboxylic acids is 1. The van der Waals surface area contributed by atoms with E-state index in [9.17, 15) is 10.0 Å². The fraction of sp³-hybridized carbons (Fsp3) is 0. The highest BCUT2D eigenvalue weighted by Gasteiger charge is 2.04. The van der Waals surface area contributed by atoms with Gasteiger partial charge < -0.3 is 10.7 Å². The van der Waals surface area contributed by atoms with Crippen LogP contribution in [0, 0.1) is 5.21 Å². The number of fused-ring (bicyclic) bond motifs is 1. The zero-order valence-electron chi connectivity index (χ0n) is 7.36. The molecule has 0 fully saturated rings. The minimum atomic E-state index is -0.596. The molecule has 0 aliphatic carbocycles. The van der Waals surface area contributed by atoms with Crippen LogP contribution in [0.25, 0.3) is 10.8 Å². The topological polar surface area (TPSA) is 52.2 Å². The number of nitrogens with one attached hydrogen (secondary N) is 1. The molecule has 0 atom stereocenters. The lowest BCUT2D eigenvalue weighted by Crippen LogP contribution is -2.15. The molecule has 3 nitrogen and oxygen atoms in total. The summed E-state index contributed by atoms with van der Waals surface area (Å²) in [7, 11) is 0. The lowest BCUT2D eigenvalue weighted by atomic mass is 10.0. The van der Waals surface area contributed by atoms with Gasteiger partial charge in [0.2, 0.25) is 5.91 Å². The summed E-state index contributed by atoms with van der Waals surface area (Å²) >= 11 is 0. The van der Waals surface area contributed by atoms with Crippen molar-refractivity contribution >= 4 is 16.7 Å². The maximum absolute atomic E-state index is 11.2. The van der Waals surface area contributed by atoms with Crippen molar-refractivity contribution in [3.8, 4) is 0 Å². The molecule has 0 aromatic heterocycles. The third-order valence-electron chi connectivity index (χ3n) is 2.13. The third kappa shape index (κ3) is 1.34. The van der Waals surface area contributed by atoms with Crippen molar-refractivity contribution in [2.45, 2.75) is 0 Å². The number of hydroxylamine groups is 1. The monoisotopic (exact) mass is 186 g/mol. The number of rotatable bonds is 1. The number of hydrogen-bond donors (Lipinski definition) is 1. The molecule has 0 aliphatic heterocycles. The zero-order chi connectivity index (χ0) is 9.97. The first-order valence-corrected chi connectivity index (χ1v) is 4.23. The molecule has 0 bridgehead atoms. The van der Waals surface area contributed by atoms with Crippen molar-refractivity contribution in [1.29, 1.82) is 0 Å². The second-order valence-corrected chi connectivity index (χ2v) is 2.96. The second-order valence-electron chi connectivity index (χ2n) is 2.96. The number of amides is 1. The molecule has 2 aromatic rings. The smallest absolute Gasteiger partial charge is 0.241 e. The van der Waals surface area contributed by atoms with Crippen molar-refractivity contribution < 1.29 is 4.79 Å². The average Bonchev–Trinajstić information content (AvgIpc) is 2.27. The Morgan fingerprint density at radius 3 is 2.57 bits per heavy atom. The molecule has 1 N–H and O–H groups in total. The van der Waals surface area contributed by atoms with Gasteiger partial charge in [-0.3, -0.25) is 4.79 Å². The zero-order valence-corrected chi connectivity index (χ0v) is 7.36. The van der Waals surface area contributed by atoms with E-state index in [1.807, 2.05) is 30.3 Å². The number of carbonyl (C=O) groups is 1. The number of hydrogen-bond acceptors (Lipinski definition) is 2. The van der Waals surface area contributed by atoms with Crippen molar-refractivity contribution in [3.05, 3.63) is 53.2 Å². The molecule has 0 saturated heterocycles. The molecule has 70 valence electrons. The van der Waals surface area contributed by atoms with Crippen LogP contribution in [-0.4, -0.2) is 5.91 Å². The highest BCUT2D eigenvalue weighted by molar-refractivity contribution is 6.07. The summed E-state index contributed by atoms with van der Waals surface area (Å²) in [5.74, 6) is -0.596. The molecular formula is C11H8NO2-. The predicted octanol–water partition coefficient (Wildman–Crippen LogP) is 2.07. The third-order valence-corrected chi connectivity index (χ3v) is 2.13.